The normalized spacial score (nSPS) is 10.5. The van der Waals surface area contributed by atoms with Gasteiger partial charge in [-0.15, -0.1) is 0 Å². The van der Waals surface area contributed by atoms with E-state index in [4.69, 9.17) is 0 Å². The molecule has 3 aromatic rings. The van der Waals surface area contributed by atoms with Crippen LogP contribution >= 0.6 is 0 Å². The van der Waals surface area contributed by atoms with E-state index in [1.807, 2.05) is 36.4 Å². The molecule has 4 nitrogen and oxygen atoms in total. The average Bonchev–Trinajstić information content (AvgIpc) is 2.67. The Labute approximate surface area is 141 Å². The predicted molar refractivity (Wildman–Crippen MR) is 93.7 cm³/mol. The summed E-state index contributed by atoms with van der Waals surface area (Å²) >= 11 is 0. The van der Waals surface area contributed by atoms with Crippen molar-refractivity contribution in [2.45, 2.75) is 12.3 Å². The van der Waals surface area contributed by atoms with Gasteiger partial charge in [0.05, 0.1) is 0 Å². The Morgan fingerprint density at radius 1 is 0.833 bits per heavy atom. The smallest absolute Gasteiger partial charge is 0.289 e. The second kappa shape index (κ2) is 8.02. The van der Waals surface area contributed by atoms with Crippen LogP contribution in [0.5, 0.6) is 0 Å². The molecule has 0 unspecified atom stereocenters. The van der Waals surface area contributed by atoms with E-state index in [1.165, 1.54) is 11.1 Å². The summed E-state index contributed by atoms with van der Waals surface area (Å²) in [4.78, 5) is 20.0. The van der Waals surface area contributed by atoms with Crippen LogP contribution in [0.1, 0.15) is 34.1 Å². The van der Waals surface area contributed by atoms with E-state index in [-0.39, 0.29) is 17.6 Å². The van der Waals surface area contributed by atoms with Gasteiger partial charge in [-0.3, -0.25) is 4.79 Å². The number of aromatic nitrogens is 2. The molecule has 0 radical (unpaired) electrons. The van der Waals surface area contributed by atoms with E-state index >= 15 is 0 Å². The van der Waals surface area contributed by atoms with Gasteiger partial charge >= 0.3 is 0 Å². The van der Waals surface area contributed by atoms with Gasteiger partial charge in [-0.1, -0.05) is 60.7 Å². The van der Waals surface area contributed by atoms with E-state index < -0.39 is 0 Å². The van der Waals surface area contributed by atoms with Gasteiger partial charge in [-0.2, -0.15) is 0 Å². The number of nitrogens with zero attached hydrogens (tertiary/aromatic N) is 2. The van der Waals surface area contributed by atoms with Gasteiger partial charge in [0, 0.05) is 24.9 Å². The van der Waals surface area contributed by atoms with Crippen LogP contribution in [0.3, 0.4) is 0 Å². The molecular weight excluding hydrogens is 298 g/mol. The molecule has 0 bridgehead atoms. The third-order valence-electron chi connectivity index (χ3n) is 3.89. The number of hydrogen-bond donors (Lipinski definition) is 1. The lowest BCUT2D eigenvalue weighted by atomic mass is 9.88. The van der Waals surface area contributed by atoms with Crippen LogP contribution in [0.2, 0.25) is 0 Å². The lowest BCUT2D eigenvalue weighted by molar-refractivity contribution is 0.0942. The Kier molecular flexibility index (Phi) is 5.30. The van der Waals surface area contributed by atoms with Crippen molar-refractivity contribution >= 4 is 5.91 Å². The van der Waals surface area contributed by atoms with Crippen molar-refractivity contribution in [3.8, 4) is 0 Å². The average molecular weight is 317 g/mol. The maximum atomic E-state index is 12.1. The van der Waals surface area contributed by atoms with Crippen LogP contribution in [0.15, 0.2) is 79.1 Å². The SMILES string of the molecule is O=C(NCCC(c1ccccc1)c1ccccc1)c1ncccn1. The number of nitrogens with one attached hydrogen (secondary N) is 1. The third kappa shape index (κ3) is 4.04. The molecule has 0 saturated carbocycles. The zero-order valence-electron chi connectivity index (χ0n) is 13.3. The Balaban J connectivity index is 1.68. The maximum Gasteiger partial charge on any atom is 0.289 e. The summed E-state index contributed by atoms with van der Waals surface area (Å²) in [6.07, 6.45) is 3.95. The number of carbonyl (C=O) groups excluding carboxylic acids is 1. The molecule has 1 aromatic heterocycles. The molecule has 0 saturated heterocycles. The van der Waals surface area contributed by atoms with Crippen molar-refractivity contribution in [3.05, 3.63) is 96.1 Å². The van der Waals surface area contributed by atoms with Gasteiger partial charge in [0.1, 0.15) is 0 Å². The zero-order chi connectivity index (χ0) is 16.6. The molecule has 0 spiro atoms. The van der Waals surface area contributed by atoms with Gasteiger partial charge in [-0.25, -0.2) is 9.97 Å². The van der Waals surface area contributed by atoms with Crippen molar-refractivity contribution in [2.24, 2.45) is 0 Å². The molecule has 4 heteroatoms. The van der Waals surface area contributed by atoms with Gasteiger partial charge in [0.25, 0.3) is 5.91 Å². The topological polar surface area (TPSA) is 54.9 Å². The van der Waals surface area contributed by atoms with Crippen molar-refractivity contribution < 1.29 is 4.79 Å². The molecule has 0 fully saturated rings. The Bertz CT molecular complexity index is 721. The summed E-state index contributed by atoms with van der Waals surface area (Å²) in [6.45, 7) is 0.561. The zero-order valence-corrected chi connectivity index (χ0v) is 13.3. The van der Waals surface area contributed by atoms with Crippen molar-refractivity contribution in [2.75, 3.05) is 6.54 Å². The van der Waals surface area contributed by atoms with Crippen LogP contribution in [0.4, 0.5) is 0 Å². The second-order valence-electron chi connectivity index (χ2n) is 5.49. The molecule has 2 aromatic carbocycles. The number of hydrogen-bond acceptors (Lipinski definition) is 3. The largest absolute Gasteiger partial charge is 0.349 e. The monoisotopic (exact) mass is 317 g/mol. The van der Waals surface area contributed by atoms with Gasteiger partial charge in [0.2, 0.25) is 5.82 Å². The molecular formula is C20H19N3O. The van der Waals surface area contributed by atoms with Gasteiger partial charge < -0.3 is 5.32 Å². The maximum absolute atomic E-state index is 12.1. The number of carbonyl (C=O) groups is 1. The number of amides is 1. The van der Waals surface area contributed by atoms with Crippen LogP contribution < -0.4 is 5.32 Å². The molecule has 24 heavy (non-hydrogen) atoms. The summed E-state index contributed by atoms with van der Waals surface area (Å²) in [5.41, 5.74) is 2.49. The minimum atomic E-state index is -0.240. The van der Waals surface area contributed by atoms with Crippen molar-refractivity contribution in [3.63, 3.8) is 0 Å². The minimum absolute atomic E-state index is 0.202. The second-order valence-corrected chi connectivity index (χ2v) is 5.49. The minimum Gasteiger partial charge on any atom is -0.349 e. The highest BCUT2D eigenvalue weighted by Crippen LogP contribution is 2.27. The molecule has 1 amide bonds. The molecule has 0 atom stereocenters. The molecule has 1 heterocycles. The Morgan fingerprint density at radius 3 is 1.92 bits per heavy atom. The molecule has 1 N–H and O–H groups in total. The Hall–Kier alpha value is -3.01. The van der Waals surface area contributed by atoms with Gasteiger partial charge in [0.15, 0.2) is 0 Å². The molecule has 0 aliphatic heterocycles. The highest BCUT2D eigenvalue weighted by molar-refractivity contribution is 5.90. The van der Waals surface area contributed by atoms with Crippen LogP contribution in [0.25, 0.3) is 0 Å². The van der Waals surface area contributed by atoms with Crippen LogP contribution in [-0.4, -0.2) is 22.4 Å². The molecule has 0 aliphatic rings. The fourth-order valence-corrected chi connectivity index (χ4v) is 2.72. The first-order chi connectivity index (χ1) is 11.8. The van der Waals surface area contributed by atoms with E-state index in [0.29, 0.717) is 6.54 Å². The fourth-order valence-electron chi connectivity index (χ4n) is 2.72. The van der Waals surface area contributed by atoms with Crippen LogP contribution in [-0.2, 0) is 0 Å². The summed E-state index contributed by atoms with van der Waals surface area (Å²) < 4.78 is 0. The van der Waals surface area contributed by atoms with E-state index in [2.05, 4.69) is 39.6 Å². The van der Waals surface area contributed by atoms with Gasteiger partial charge in [-0.05, 0) is 23.6 Å². The van der Waals surface area contributed by atoms with E-state index in [9.17, 15) is 4.79 Å². The highest BCUT2D eigenvalue weighted by Gasteiger charge is 2.15. The quantitative estimate of drug-likeness (QED) is 0.758. The Morgan fingerprint density at radius 2 is 1.38 bits per heavy atom. The first-order valence-electron chi connectivity index (χ1n) is 7.99. The molecule has 3 rings (SSSR count). The number of rotatable bonds is 6. The van der Waals surface area contributed by atoms with Crippen molar-refractivity contribution in [1.82, 2.24) is 15.3 Å². The predicted octanol–water partition coefficient (Wildman–Crippen LogP) is 3.43. The van der Waals surface area contributed by atoms with E-state index in [0.717, 1.165) is 6.42 Å². The van der Waals surface area contributed by atoms with E-state index in [1.54, 1.807) is 18.5 Å². The lowest BCUT2D eigenvalue weighted by Crippen LogP contribution is -2.27. The third-order valence-corrected chi connectivity index (χ3v) is 3.89. The summed E-state index contributed by atoms with van der Waals surface area (Å²) in [5, 5.41) is 2.91. The summed E-state index contributed by atoms with van der Waals surface area (Å²) in [5.74, 6) is 0.202. The summed E-state index contributed by atoms with van der Waals surface area (Å²) in [6, 6.07) is 22.4. The highest BCUT2D eigenvalue weighted by atomic mass is 16.2. The first kappa shape index (κ1) is 15.9. The molecule has 0 aliphatic carbocycles. The molecule has 120 valence electrons. The standard InChI is InChI=1S/C20H19N3O/c24-20(19-21-13-7-14-22-19)23-15-12-18(16-8-3-1-4-9-16)17-10-5-2-6-11-17/h1-11,13-14,18H,12,15H2,(H,23,24). The number of benzene rings is 2. The lowest BCUT2D eigenvalue weighted by Gasteiger charge is -2.18. The summed E-state index contributed by atoms with van der Waals surface area (Å²) in [7, 11) is 0. The first-order valence-corrected chi connectivity index (χ1v) is 7.99. The van der Waals surface area contributed by atoms with Crippen LogP contribution in [0, 0.1) is 0 Å². The fraction of sp³-hybridized carbons (Fsp3) is 0.150. The van der Waals surface area contributed by atoms with Crippen molar-refractivity contribution in [1.29, 1.82) is 0 Å².